The molecule has 0 radical (unpaired) electrons. The summed E-state index contributed by atoms with van der Waals surface area (Å²) in [5.74, 6) is 1.34. The zero-order valence-electron chi connectivity index (χ0n) is 21.8. The molecule has 0 aliphatic heterocycles. The molecule has 0 aliphatic carbocycles. The van der Waals surface area contributed by atoms with E-state index in [4.69, 9.17) is 5.73 Å². The van der Waals surface area contributed by atoms with Crippen molar-refractivity contribution in [1.82, 2.24) is 35.3 Å². The number of hydrogen-bond acceptors (Lipinski definition) is 7. The first-order valence-corrected chi connectivity index (χ1v) is 12.5. The summed E-state index contributed by atoms with van der Waals surface area (Å²) < 4.78 is 24.9. The third-order valence-corrected chi connectivity index (χ3v) is 5.53. The molecule has 4 aromatic heterocycles. The van der Waals surface area contributed by atoms with Crippen LogP contribution in [0.25, 0.3) is 22.9 Å². The van der Waals surface area contributed by atoms with Crippen LogP contribution in [0.2, 0.25) is 0 Å². The van der Waals surface area contributed by atoms with Gasteiger partial charge >= 0.3 is 0 Å². The van der Waals surface area contributed by atoms with Crippen molar-refractivity contribution < 1.29 is 13.6 Å². The normalized spacial score (nSPS) is 10.1. The second-order valence-corrected chi connectivity index (χ2v) is 8.54. The van der Waals surface area contributed by atoms with E-state index < -0.39 is 0 Å². The van der Waals surface area contributed by atoms with Crippen molar-refractivity contribution in [2.45, 2.75) is 12.8 Å². The van der Waals surface area contributed by atoms with E-state index >= 15 is 0 Å². The Morgan fingerprint density at radius 2 is 1.37 bits per heavy atom. The number of H-pyrrole nitrogens is 2. The highest BCUT2D eigenvalue weighted by molar-refractivity contribution is 5.74. The van der Waals surface area contributed by atoms with Gasteiger partial charge in [-0.1, -0.05) is 24.3 Å². The molecular formula is C30H26F2N8O. The van der Waals surface area contributed by atoms with Crippen LogP contribution in [0, 0.1) is 11.6 Å². The number of aromatic amines is 2. The number of carbonyl (C=O) groups excluding carboxylic acids is 1. The van der Waals surface area contributed by atoms with Crippen LogP contribution < -0.4 is 5.73 Å². The lowest BCUT2D eigenvalue weighted by atomic mass is 10.1. The van der Waals surface area contributed by atoms with Gasteiger partial charge in [0.2, 0.25) is 0 Å². The second-order valence-electron chi connectivity index (χ2n) is 8.54. The Labute approximate surface area is 234 Å². The van der Waals surface area contributed by atoms with Crippen LogP contribution in [-0.2, 0) is 12.8 Å². The molecule has 0 spiro atoms. The van der Waals surface area contributed by atoms with E-state index in [0.29, 0.717) is 23.5 Å². The average Bonchev–Trinajstić information content (AvgIpc) is 3.68. The zero-order chi connectivity index (χ0) is 28.9. The SMILES string of the molecule is Fc1ccc(CCc2nc(-c3ccccn3)n[nH]2)cc1.Nc1cc(-c2ccccn2)[nH]n1.O=Cc1ccc(F)cc1. The molecule has 6 aromatic rings. The van der Waals surface area contributed by atoms with Gasteiger partial charge in [0.25, 0.3) is 0 Å². The molecular weight excluding hydrogens is 526 g/mol. The Bertz CT molecular complexity index is 1620. The van der Waals surface area contributed by atoms with Crippen LogP contribution >= 0.6 is 0 Å². The minimum absolute atomic E-state index is 0.217. The van der Waals surface area contributed by atoms with E-state index in [0.717, 1.165) is 41.3 Å². The van der Waals surface area contributed by atoms with Crippen molar-refractivity contribution in [3.05, 3.63) is 132 Å². The molecule has 0 aliphatic rings. The van der Waals surface area contributed by atoms with Gasteiger partial charge in [0.1, 0.15) is 35.3 Å². The van der Waals surface area contributed by atoms with E-state index in [1.807, 2.05) is 36.4 Å². The summed E-state index contributed by atoms with van der Waals surface area (Å²) in [5, 5.41) is 13.7. The quantitative estimate of drug-likeness (QED) is 0.232. The average molecular weight is 553 g/mol. The molecule has 2 aromatic carbocycles. The summed E-state index contributed by atoms with van der Waals surface area (Å²) in [6, 6.07) is 24.9. The number of hydrogen-bond donors (Lipinski definition) is 3. The number of aromatic nitrogens is 7. The predicted molar refractivity (Wildman–Crippen MR) is 151 cm³/mol. The molecule has 11 heteroatoms. The molecule has 0 fully saturated rings. The highest BCUT2D eigenvalue weighted by Gasteiger charge is 2.07. The molecule has 0 bridgehead atoms. The van der Waals surface area contributed by atoms with E-state index in [9.17, 15) is 13.6 Å². The minimum atomic E-state index is -0.319. The lowest BCUT2D eigenvalue weighted by Crippen LogP contribution is -1.94. The molecule has 6 rings (SSSR count). The van der Waals surface area contributed by atoms with Crippen LogP contribution in [0.5, 0.6) is 0 Å². The molecule has 4 N–H and O–H groups in total. The number of pyridine rings is 2. The summed E-state index contributed by atoms with van der Waals surface area (Å²) in [7, 11) is 0. The maximum Gasteiger partial charge on any atom is 0.199 e. The summed E-state index contributed by atoms with van der Waals surface area (Å²) in [6.45, 7) is 0. The van der Waals surface area contributed by atoms with Gasteiger partial charge in [0, 0.05) is 30.4 Å². The van der Waals surface area contributed by atoms with E-state index in [1.54, 1.807) is 30.6 Å². The fraction of sp³-hybridized carbons (Fsp3) is 0.0667. The van der Waals surface area contributed by atoms with Crippen molar-refractivity contribution in [3.63, 3.8) is 0 Å². The molecule has 0 unspecified atom stereocenters. The highest BCUT2D eigenvalue weighted by Crippen LogP contribution is 2.14. The van der Waals surface area contributed by atoms with Gasteiger partial charge in [-0.15, -0.1) is 0 Å². The van der Waals surface area contributed by atoms with Gasteiger partial charge in [-0.2, -0.15) is 10.2 Å². The van der Waals surface area contributed by atoms with Crippen molar-refractivity contribution >= 4 is 12.1 Å². The lowest BCUT2D eigenvalue weighted by Gasteiger charge is -1.98. The van der Waals surface area contributed by atoms with Gasteiger partial charge in [-0.25, -0.2) is 13.8 Å². The molecule has 0 atom stereocenters. The van der Waals surface area contributed by atoms with Gasteiger partial charge in [-0.3, -0.25) is 25.0 Å². The topological polar surface area (TPSA) is 139 Å². The lowest BCUT2D eigenvalue weighted by molar-refractivity contribution is 0.112. The maximum absolute atomic E-state index is 12.8. The van der Waals surface area contributed by atoms with Crippen LogP contribution in [0.4, 0.5) is 14.6 Å². The fourth-order valence-electron chi connectivity index (χ4n) is 3.46. The largest absolute Gasteiger partial charge is 0.382 e. The Morgan fingerprint density at radius 1 is 0.732 bits per heavy atom. The summed E-state index contributed by atoms with van der Waals surface area (Å²) >= 11 is 0. The molecule has 0 saturated carbocycles. The first-order chi connectivity index (χ1) is 20.0. The molecule has 9 nitrogen and oxygen atoms in total. The van der Waals surface area contributed by atoms with Gasteiger partial charge in [0.15, 0.2) is 5.82 Å². The van der Waals surface area contributed by atoms with Gasteiger partial charge < -0.3 is 5.73 Å². The third-order valence-electron chi connectivity index (χ3n) is 5.53. The van der Waals surface area contributed by atoms with Crippen molar-refractivity contribution in [3.8, 4) is 22.9 Å². The number of nitrogens with one attached hydrogen (secondary N) is 2. The Morgan fingerprint density at radius 3 is 1.93 bits per heavy atom. The predicted octanol–water partition coefficient (Wildman–Crippen LogP) is 5.48. The van der Waals surface area contributed by atoms with Crippen LogP contribution in [0.3, 0.4) is 0 Å². The summed E-state index contributed by atoms with van der Waals surface area (Å²) in [6.07, 6.45) is 5.64. The Balaban J connectivity index is 0.000000156. The fourth-order valence-corrected chi connectivity index (χ4v) is 3.46. The number of anilines is 1. The minimum Gasteiger partial charge on any atom is -0.382 e. The van der Waals surface area contributed by atoms with E-state index in [2.05, 4.69) is 35.3 Å². The monoisotopic (exact) mass is 552 g/mol. The first kappa shape index (κ1) is 28.4. The number of aryl methyl sites for hydroxylation is 2. The second kappa shape index (κ2) is 14.5. The summed E-state index contributed by atoms with van der Waals surface area (Å²) in [5.41, 5.74) is 9.45. The van der Waals surface area contributed by atoms with Crippen molar-refractivity contribution in [2.75, 3.05) is 5.73 Å². The zero-order valence-corrected chi connectivity index (χ0v) is 21.8. The number of nitrogens with two attached hydrogens (primary N) is 1. The number of nitrogens with zero attached hydrogens (tertiary/aromatic N) is 5. The van der Waals surface area contributed by atoms with Crippen LogP contribution in [-0.4, -0.2) is 41.6 Å². The molecule has 0 saturated heterocycles. The van der Waals surface area contributed by atoms with Crippen LogP contribution in [0.1, 0.15) is 21.7 Å². The van der Waals surface area contributed by atoms with Gasteiger partial charge in [0.05, 0.1) is 11.4 Å². The molecule has 206 valence electrons. The Hall–Kier alpha value is -5.58. The molecule has 41 heavy (non-hydrogen) atoms. The third kappa shape index (κ3) is 8.99. The number of aldehydes is 1. The maximum atomic E-state index is 12.8. The van der Waals surface area contributed by atoms with E-state index in [1.165, 1.54) is 36.4 Å². The number of rotatable bonds is 6. The molecule has 0 amide bonds. The van der Waals surface area contributed by atoms with Gasteiger partial charge in [-0.05, 0) is 72.6 Å². The number of halogens is 2. The number of nitrogen functional groups attached to an aromatic ring is 1. The van der Waals surface area contributed by atoms with Crippen molar-refractivity contribution in [1.29, 1.82) is 0 Å². The standard InChI is InChI=1S/C15H13FN4.C8H8N4.C7H5FO/c16-12-7-4-11(5-8-12)6-9-14-18-15(20-19-14)13-3-1-2-10-17-13;9-8-5-7(11-12-8)6-3-1-2-4-10-6;8-7-3-1-6(5-9)2-4-7/h1-5,7-8,10H,6,9H2,(H,18,19,20);1-5H,(H3,9,11,12);1-5H. The molecule has 4 heterocycles. The first-order valence-electron chi connectivity index (χ1n) is 12.5. The van der Waals surface area contributed by atoms with E-state index in [-0.39, 0.29) is 11.6 Å². The van der Waals surface area contributed by atoms with Crippen molar-refractivity contribution in [2.24, 2.45) is 0 Å². The smallest absolute Gasteiger partial charge is 0.199 e. The highest BCUT2D eigenvalue weighted by atomic mass is 19.1. The number of benzene rings is 2. The number of carbonyl (C=O) groups is 1. The van der Waals surface area contributed by atoms with Crippen LogP contribution in [0.15, 0.2) is 103 Å². The Kier molecular flexibility index (Phi) is 10.1. The summed E-state index contributed by atoms with van der Waals surface area (Å²) in [4.78, 5) is 22.7.